The van der Waals surface area contributed by atoms with E-state index in [0.29, 0.717) is 11.5 Å². The molecular weight excluding hydrogens is 1080 g/mol. The number of para-hydroxylation sites is 2. The fraction of sp³-hybridized carbons (Fsp3) is 0.206. The number of anilines is 4. The van der Waals surface area contributed by atoms with Crippen molar-refractivity contribution in [1.29, 1.82) is 0 Å². The van der Waals surface area contributed by atoms with Crippen LogP contribution in [0.5, 0.6) is 11.5 Å². The number of aromatic nitrogens is 2. The first-order valence-electron chi connectivity index (χ1n) is 25.5. The van der Waals surface area contributed by atoms with Crippen LogP contribution in [0.2, 0.25) is 0 Å². The van der Waals surface area contributed by atoms with Crippen LogP contribution in [0.4, 0.5) is 22.7 Å². The number of nitrogens with zero attached hydrogens (tertiary/aromatic N) is 4. The van der Waals surface area contributed by atoms with Crippen molar-refractivity contribution in [3.05, 3.63) is 246 Å². The fourth-order valence-electron chi connectivity index (χ4n) is 10.3. The molecule has 0 saturated heterocycles. The van der Waals surface area contributed by atoms with E-state index < -0.39 is 5.41 Å². The molecule has 0 amide bonds. The number of fused-ring (bicyclic) bond motifs is 4. The molecule has 0 atom stereocenters. The summed E-state index contributed by atoms with van der Waals surface area (Å²) in [6, 6.07) is 75.2. The van der Waals surface area contributed by atoms with E-state index in [1.807, 2.05) is 12.3 Å². The molecule has 74 heavy (non-hydrogen) atoms. The van der Waals surface area contributed by atoms with Crippen LogP contribution in [0.15, 0.2) is 194 Å². The first-order valence-corrected chi connectivity index (χ1v) is 25.5. The molecule has 0 radical (unpaired) electrons. The van der Waals surface area contributed by atoms with Gasteiger partial charge in [0.2, 0.25) is 0 Å². The summed E-state index contributed by atoms with van der Waals surface area (Å²) in [4.78, 5) is 9.57. The van der Waals surface area contributed by atoms with Crippen molar-refractivity contribution < 1.29 is 25.8 Å². The number of rotatable bonds is 10. The quantitative estimate of drug-likeness (QED) is 0.128. The number of benzene rings is 8. The minimum Gasteiger partial charge on any atom is -0.509 e. The maximum Gasteiger partial charge on any atom is 0.135 e. The maximum atomic E-state index is 7.06. The summed E-state index contributed by atoms with van der Waals surface area (Å²) < 4.78 is 9.30. The Hall–Kier alpha value is -7.20. The van der Waals surface area contributed by atoms with Gasteiger partial charge in [0.25, 0.3) is 0 Å². The molecule has 0 saturated carbocycles. The van der Waals surface area contributed by atoms with Crippen molar-refractivity contribution in [2.45, 2.75) is 90.9 Å². The molecule has 1 aliphatic heterocycles. The third kappa shape index (κ3) is 9.37. The van der Waals surface area contributed by atoms with Crippen molar-refractivity contribution in [3.63, 3.8) is 0 Å². The molecule has 2 aromatic heterocycles. The standard InChI is InChI=1S/C68H63N4O.Pt/c1-65(2,3)50-30-33-60-59(41-50)58-32-31-56(44-63(58)72(60)64-42-51(34-35-69-64)66(4,5)6)73-57-40-53(68(9,10)49-26-18-13-19-27-49)39-55(43-57)71-45-70(61-28-20-21-29-62(61)71)54-37-47(46-22-14-11-15-23-46)36-52(38-54)67(7,8)48-24-16-12-17-25-48;/h11-42,45H,1-10H3;/q-3;. The Kier molecular flexibility index (Phi) is 13.1. The Morgan fingerprint density at radius 2 is 1.03 bits per heavy atom. The predicted molar refractivity (Wildman–Crippen MR) is 304 cm³/mol. The molecule has 6 heteroatoms. The second kappa shape index (κ2) is 19.3. The van der Waals surface area contributed by atoms with E-state index in [2.05, 4.69) is 284 Å². The number of hydrogen-bond acceptors (Lipinski definition) is 4. The van der Waals surface area contributed by atoms with E-state index in [-0.39, 0.29) is 37.3 Å². The van der Waals surface area contributed by atoms with E-state index in [9.17, 15) is 0 Å². The van der Waals surface area contributed by atoms with Crippen molar-refractivity contribution in [2.24, 2.45) is 0 Å². The van der Waals surface area contributed by atoms with Crippen LogP contribution in [-0.2, 0) is 42.7 Å². The summed E-state index contributed by atoms with van der Waals surface area (Å²) in [6.45, 7) is 24.9. The van der Waals surface area contributed by atoms with Crippen LogP contribution < -0.4 is 14.5 Å². The third-order valence-corrected chi connectivity index (χ3v) is 15.0. The van der Waals surface area contributed by atoms with Gasteiger partial charge in [0.15, 0.2) is 0 Å². The molecule has 0 spiro atoms. The van der Waals surface area contributed by atoms with E-state index in [1.165, 1.54) is 33.4 Å². The third-order valence-electron chi connectivity index (χ3n) is 15.0. The van der Waals surface area contributed by atoms with E-state index in [1.54, 1.807) is 0 Å². The molecule has 0 bridgehead atoms. The van der Waals surface area contributed by atoms with Gasteiger partial charge in [0, 0.05) is 66.8 Å². The number of ether oxygens (including phenoxy) is 1. The maximum absolute atomic E-state index is 7.06. The zero-order valence-electron chi connectivity index (χ0n) is 44.1. The summed E-state index contributed by atoms with van der Waals surface area (Å²) in [6.07, 6.45) is 1.92. The summed E-state index contributed by atoms with van der Waals surface area (Å²) in [7, 11) is 0. The van der Waals surface area contributed by atoms with Gasteiger partial charge >= 0.3 is 0 Å². The van der Waals surface area contributed by atoms with Gasteiger partial charge in [-0.1, -0.05) is 196 Å². The number of pyridine rings is 1. The average Bonchev–Trinajstić information content (AvgIpc) is 3.95. The molecule has 8 aromatic carbocycles. The fourth-order valence-corrected chi connectivity index (χ4v) is 10.3. The largest absolute Gasteiger partial charge is 0.509 e. The number of hydrogen-bond donors (Lipinski definition) is 0. The van der Waals surface area contributed by atoms with E-state index in [4.69, 9.17) is 9.72 Å². The molecule has 0 fully saturated rings. The van der Waals surface area contributed by atoms with E-state index in [0.717, 1.165) is 61.5 Å². The van der Waals surface area contributed by atoms with Gasteiger partial charge in [-0.05, 0) is 103 Å². The molecule has 0 unspecified atom stereocenters. The molecule has 5 nitrogen and oxygen atoms in total. The Labute approximate surface area is 452 Å². The van der Waals surface area contributed by atoms with Crippen LogP contribution in [0, 0.1) is 18.8 Å². The average molecular weight is 1150 g/mol. The Morgan fingerprint density at radius 3 is 1.66 bits per heavy atom. The minimum atomic E-state index is -0.390. The predicted octanol–water partition coefficient (Wildman–Crippen LogP) is 17.9. The van der Waals surface area contributed by atoms with Crippen molar-refractivity contribution >= 4 is 44.6 Å². The Bertz CT molecular complexity index is 3660. The van der Waals surface area contributed by atoms with Gasteiger partial charge in [-0.3, -0.25) is 0 Å². The normalized spacial score (nSPS) is 13.1. The zero-order chi connectivity index (χ0) is 50.9. The molecular formula is C68H63N4OPt-3. The first kappa shape index (κ1) is 50.3. The summed E-state index contributed by atoms with van der Waals surface area (Å²) in [5.74, 6) is 2.04. The molecule has 3 heterocycles. The van der Waals surface area contributed by atoms with Crippen molar-refractivity contribution in [1.82, 2.24) is 9.55 Å². The first-order chi connectivity index (χ1) is 34.9. The van der Waals surface area contributed by atoms with E-state index >= 15 is 0 Å². The van der Waals surface area contributed by atoms with Crippen molar-refractivity contribution in [3.8, 4) is 28.4 Å². The Balaban J connectivity index is 0.00000626. The molecule has 10 aromatic rings. The molecule has 0 aliphatic carbocycles. The van der Waals surface area contributed by atoms with Crippen LogP contribution in [-0.4, -0.2) is 9.55 Å². The van der Waals surface area contributed by atoms with Gasteiger partial charge < -0.3 is 19.1 Å². The molecule has 1 aliphatic rings. The van der Waals surface area contributed by atoms with Gasteiger partial charge in [-0.2, -0.15) is 6.07 Å². The van der Waals surface area contributed by atoms with Gasteiger partial charge in [0.05, 0.1) is 0 Å². The van der Waals surface area contributed by atoms with Gasteiger partial charge in [-0.25, -0.2) is 4.98 Å². The van der Waals surface area contributed by atoms with Crippen molar-refractivity contribution in [2.75, 3.05) is 9.80 Å². The SMILES string of the molecule is CC(C)(C)c1ccnc(-n2c3[c-]c(Oc4[c-]c(N5[CH-]N(c6cc(-c7ccccc7)cc(C(C)(C)c7ccccc7)c6)c6ccccc65)cc(C(C)(C)c5ccccc5)c4)ccc3c3cc(C(C)(C)C)ccc32)c1.[Pt]. The summed E-state index contributed by atoms with van der Waals surface area (Å²) in [5, 5.41) is 2.25. The smallest absolute Gasteiger partial charge is 0.135 e. The Morgan fingerprint density at radius 1 is 0.446 bits per heavy atom. The monoisotopic (exact) mass is 1150 g/mol. The van der Waals surface area contributed by atoms with Gasteiger partial charge in [-0.15, -0.1) is 53.6 Å². The van der Waals surface area contributed by atoms with Crippen LogP contribution in [0.25, 0.3) is 38.8 Å². The van der Waals surface area contributed by atoms with Crippen LogP contribution >= 0.6 is 0 Å². The minimum absolute atomic E-state index is 0. The summed E-state index contributed by atoms with van der Waals surface area (Å²) in [5.41, 5.74) is 14.9. The second-order valence-corrected chi connectivity index (χ2v) is 22.7. The molecule has 374 valence electrons. The topological polar surface area (TPSA) is 33.5 Å². The van der Waals surface area contributed by atoms with Crippen LogP contribution in [0.1, 0.15) is 103 Å². The zero-order valence-corrected chi connectivity index (χ0v) is 46.3. The molecule has 11 rings (SSSR count). The summed E-state index contributed by atoms with van der Waals surface area (Å²) >= 11 is 0. The second-order valence-electron chi connectivity index (χ2n) is 22.7. The van der Waals surface area contributed by atoms with Gasteiger partial charge in [0.1, 0.15) is 5.82 Å². The molecule has 0 N–H and O–H groups in total. The van der Waals surface area contributed by atoms with Crippen LogP contribution in [0.3, 0.4) is 0 Å².